The number of nitrogens with zero attached hydrogens (tertiary/aromatic N) is 3. The second-order valence-electron chi connectivity index (χ2n) is 5.40. The quantitative estimate of drug-likeness (QED) is 0.884. The van der Waals surface area contributed by atoms with Crippen molar-refractivity contribution in [3.8, 4) is 11.6 Å². The molecule has 0 amide bonds. The van der Waals surface area contributed by atoms with Crippen LogP contribution in [0.5, 0.6) is 11.6 Å². The maximum atomic E-state index is 11.5. The summed E-state index contributed by atoms with van der Waals surface area (Å²) in [6, 6.07) is 5.35. The van der Waals surface area contributed by atoms with Gasteiger partial charge in [0.1, 0.15) is 11.4 Å². The van der Waals surface area contributed by atoms with Crippen molar-refractivity contribution in [1.29, 1.82) is 0 Å². The number of methoxy groups -OCH3 is 1. The molecular weight excluding hydrogens is 284 g/mol. The average molecular weight is 302 g/mol. The highest BCUT2D eigenvalue weighted by Crippen LogP contribution is 2.46. The first-order chi connectivity index (χ1) is 10.6. The first-order valence-electron chi connectivity index (χ1n) is 7.05. The van der Waals surface area contributed by atoms with Crippen molar-refractivity contribution in [2.75, 3.05) is 19.5 Å². The van der Waals surface area contributed by atoms with Crippen molar-refractivity contribution in [2.24, 2.45) is 13.0 Å². The Bertz CT molecular complexity index is 700. The van der Waals surface area contributed by atoms with E-state index in [2.05, 4.69) is 10.1 Å². The van der Waals surface area contributed by atoms with E-state index in [1.54, 1.807) is 20.4 Å². The Hall–Kier alpha value is -2.57. The predicted molar refractivity (Wildman–Crippen MR) is 81.0 cm³/mol. The number of rotatable bonds is 5. The maximum absolute atomic E-state index is 11.5. The van der Waals surface area contributed by atoms with E-state index < -0.39 is 0 Å². The van der Waals surface area contributed by atoms with Crippen LogP contribution in [0.25, 0.3) is 0 Å². The first kappa shape index (κ1) is 14.4. The molecule has 2 aromatic rings. The molecule has 0 aromatic carbocycles. The lowest BCUT2D eigenvalue weighted by Gasteiger charge is -2.07. The molecule has 7 heteroatoms. The summed E-state index contributed by atoms with van der Waals surface area (Å²) in [5.74, 6) is 1.92. The Morgan fingerprint density at radius 1 is 1.45 bits per heavy atom. The molecule has 7 nitrogen and oxygen atoms in total. The number of aryl methyl sites for hydroxylation is 1. The average Bonchev–Trinajstić information content (AvgIpc) is 3.30. The summed E-state index contributed by atoms with van der Waals surface area (Å²) >= 11 is 0. The van der Waals surface area contributed by atoms with Crippen molar-refractivity contribution in [2.45, 2.75) is 12.3 Å². The zero-order valence-electron chi connectivity index (χ0n) is 12.5. The second-order valence-corrected chi connectivity index (χ2v) is 5.40. The van der Waals surface area contributed by atoms with E-state index in [0.29, 0.717) is 24.3 Å². The molecule has 0 unspecified atom stereocenters. The molecule has 2 heterocycles. The third-order valence-electron chi connectivity index (χ3n) is 3.81. The monoisotopic (exact) mass is 302 g/mol. The van der Waals surface area contributed by atoms with Crippen molar-refractivity contribution < 1.29 is 9.47 Å². The molecule has 0 saturated heterocycles. The lowest BCUT2D eigenvalue weighted by Crippen LogP contribution is -2.23. The Morgan fingerprint density at radius 3 is 2.91 bits per heavy atom. The van der Waals surface area contributed by atoms with Crippen molar-refractivity contribution in [3.63, 3.8) is 0 Å². The smallest absolute Gasteiger partial charge is 0.289 e. The van der Waals surface area contributed by atoms with Crippen LogP contribution in [0.1, 0.15) is 18.0 Å². The van der Waals surface area contributed by atoms with Crippen LogP contribution in [0.3, 0.4) is 0 Å². The molecule has 1 aliphatic rings. The minimum Gasteiger partial charge on any atom is -0.495 e. The van der Waals surface area contributed by atoms with Crippen molar-refractivity contribution in [3.05, 3.63) is 40.4 Å². The Labute approximate surface area is 127 Å². The molecule has 2 atom stereocenters. The van der Waals surface area contributed by atoms with Crippen LogP contribution < -0.4 is 20.8 Å². The van der Waals surface area contributed by atoms with E-state index in [0.717, 1.165) is 17.9 Å². The van der Waals surface area contributed by atoms with Gasteiger partial charge in [0, 0.05) is 30.6 Å². The molecule has 22 heavy (non-hydrogen) atoms. The molecule has 1 saturated carbocycles. The molecule has 1 fully saturated rings. The van der Waals surface area contributed by atoms with Gasteiger partial charge in [-0.05, 0) is 18.6 Å². The number of nitrogen functional groups attached to an aromatic ring is 1. The summed E-state index contributed by atoms with van der Waals surface area (Å²) in [6.07, 6.45) is 2.75. The van der Waals surface area contributed by atoms with E-state index in [1.807, 2.05) is 12.1 Å². The second kappa shape index (κ2) is 5.67. The third kappa shape index (κ3) is 2.88. The van der Waals surface area contributed by atoms with Gasteiger partial charge in [0.15, 0.2) is 0 Å². The zero-order chi connectivity index (χ0) is 15.7. The van der Waals surface area contributed by atoms with Crippen molar-refractivity contribution in [1.82, 2.24) is 14.8 Å². The van der Waals surface area contributed by atoms with Gasteiger partial charge in [0.2, 0.25) is 5.88 Å². The van der Waals surface area contributed by atoms with Gasteiger partial charge in [0.25, 0.3) is 5.56 Å². The maximum Gasteiger partial charge on any atom is 0.289 e. The fraction of sp³-hybridized carbons (Fsp3) is 0.400. The molecule has 116 valence electrons. The number of aromatic nitrogens is 3. The normalized spacial score (nSPS) is 19.7. The van der Waals surface area contributed by atoms with Gasteiger partial charge < -0.3 is 15.2 Å². The van der Waals surface area contributed by atoms with Crippen LogP contribution >= 0.6 is 0 Å². The summed E-state index contributed by atoms with van der Waals surface area (Å²) in [5, 5.41) is 4.02. The highest BCUT2D eigenvalue weighted by Gasteiger charge is 2.40. The van der Waals surface area contributed by atoms with E-state index >= 15 is 0 Å². The molecule has 0 radical (unpaired) electrons. The van der Waals surface area contributed by atoms with Gasteiger partial charge in [-0.3, -0.25) is 9.78 Å². The number of ether oxygens (including phenoxy) is 2. The number of hydrogen-bond acceptors (Lipinski definition) is 6. The van der Waals surface area contributed by atoms with Crippen LogP contribution in [0, 0.1) is 5.92 Å². The summed E-state index contributed by atoms with van der Waals surface area (Å²) in [7, 11) is 3.17. The predicted octanol–water partition coefficient (Wildman–Crippen LogP) is 0.949. The third-order valence-corrected chi connectivity index (χ3v) is 3.81. The topological polar surface area (TPSA) is 92.3 Å². The molecule has 2 N–H and O–H groups in total. The minimum atomic E-state index is -0.320. The Kier molecular flexibility index (Phi) is 3.70. The molecule has 0 spiro atoms. The SMILES string of the molecule is COc1ccc([C@H]2C[C@@H]2COc2cc(N)c(=O)n(C)n2)nc1. The molecule has 3 rings (SSSR count). The van der Waals surface area contributed by atoms with Gasteiger partial charge >= 0.3 is 0 Å². The molecule has 0 aliphatic heterocycles. The molecule has 2 aromatic heterocycles. The molecule has 1 aliphatic carbocycles. The lowest BCUT2D eigenvalue weighted by molar-refractivity contribution is 0.278. The zero-order valence-corrected chi connectivity index (χ0v) is 12.5. The molecular formula is C15H18N4O3. The Morgan fingerprint density at radius 2 is 2.27 bits per heavy atom. The number of pyridine rings is 1. The fourth-order valence-electron chi connectivity index (χ4n) is 2.39. The van der Waals surface area contributed by atoms with Crippen LogP contribution in [0.15, 0.2) is 29.2 Å². The highest BCUT2D eigenvalue weighted by atomic mass is 16.5. The van der Waals surface area contributed by atoms with Crippen LogP contribution in [-0.2, 0) is 7.05 Å². The summed E-state index contributed by atoms with van der Waals surface area (Å²) in [6.45, 7) is 0.531. The van der Waals surface area contributed by atoms with Gasteiger partial charge in [-0.25, -0.2) is 4.68 Å². The minimum absolute atomic E-state index is 0.136. The Balaban J connectivity index is 1.58. The number of nitrogens with two attached hydrogens (primary N) is 1. The van der Waals surface area contributed by atoms with E-state index in [1.165, 1.54) is 10.7 Å². The van der Waals surface area contributed by atoms with Gasteiger partial charge in [0.05, 0.1) is 19.9 Å². The summed E-state index contributed by atoms with van der Waals surface area (Å²) < 4.78 is 11.9. The standard InChI is InChI=1S/C15H18N4O3/c1-19-15(20)12(16)6-14(18-19)22-8-9-5-11(9)13-4-3-10(21-2)7-17-13/h3-4,6-7,9,11H,5,8,16H2,1-2H3/t9-,11+/m1/s1. The fourth-order valence-corrected chi connectivity index (χ4v) is 2.39. The summed E-state index contributed by atoms with van der Waals surface area (Å²) in [4.78, 5) is 15.9. The number of hydrogen-bond donors (Lipinski definition) is 1. The van der Waals surface area contributed by atoms with Gasteiger partial charge in [-0.15, -0.1) is 5.10 Å². The first-order valence-corrected chi connectivity index (χ1v) is 7.05. The van der Waals surface area contributed by atoms with E-state index in [-0.39, 0.29) is 11.2 Å². The van der Waals surface area contributed by atoms with Gasteiger partial charge in [-0.2, -0.15) is 0 Å². The van der Waals surface area contributed by atoms with Gasteiger partial charge in [-0.1, -0.05) is 0 Å². The molecule has 0 bridgehead atoms. The van der Waals surface area contributed by atoms with Crippen molar-refractivity contribution >= 4 is 5.69 Å². The summed E-state index contributed by atoms with van der Waals surface area (Å²) in [5.41, 5.74) is 6.47. The van der Waals surface area contributed by atoms with E-state index in [9.17, 15) is 4.79 Å². The lowest BCUT2D eigenvalue weighted by atomic mass is 10.2. The van der Waals surface area contributed by atoms with E-state index in [4.69, 9.17) is 15.2 Å². The van der Waals surface area contributed by atoms with Crippen LogP contribution in [0.4, 0.5) is 5.69 Å². The largest absolute Gasteiger partial charge is 0.495 e. The van der Waals surface area contributed by atoms with Crippen LogP contribution in [-0.4, -0.2) is 28.5 Å². The van der Waals surface area contributed by atoms with Crippen LogP contribution in [0.2, 0.25) is 0 Å². The number of anilines is 1. The highest BCUT2D eigenvalue weighted by molar-refractivity contribution is 5.37.